The summed E-state index contributed by atoms with van der Waals surface area (Å²) in [7, 11) is 3.10. The number of nitrogens with zero attached hydrogens (tertiary/aromatic N) is 1. The van der Waals surface area contributed by atoms with Crippen molar-refractivity contribution in [3.8, 4) is 11.5 Å². The van der Waals surface area contributed by atoms with E-state index in [4.69, 9.17) is 9.47 Å². The van der Waals surface area contributed by atoms with Crippen molar-refractivity contribution in [1.29, 1.82) is 0 Å². The summed E-state index contributed by atoms with van der Waals surface area (Å²) in [4.78, 5) is 25.6. The van der Waals surface area contributed by atoms with Crippen molar-refractivity contribution < 1.29 is 19.1 Å². The number of ether oxygens (including phenoxy) is 2. The number of rotatable bonds is 7. The second kappa shape index (κ2) is 8.82. The molecule has 0 unspecified atom stereocenters. The fourth-order valence-electron chi connectivity index (χ4n) is 2.13. The van der Waals surface area contributed by atoms with Gasteiger partial charge in [-0.3, -0.25) is 9.59 Å². The molecule has 6 heteroatoms. The molecule has 0 saturated carbocycles. The molecule has 0 aromatic heterocycles. The molecule has 1 N–H and O–H groups in total. The van der Waals surface area contributed by atoms with Crippen LogP contribution in [0, 0.1) is 0 Å². The van der Waals surface area contributed by atoms with Gasteiger partial charge in [-0.25, -0.2) is 0 Å². The van der Waals surface area contributed by atoms with Crippen molar-refractivity contribution in [3.63, 3.8) is 0 Å². The molecular weight excluding hydrogens is 296 g/mol. The summed E-state index contributed by atoms with van der Waals surface area (Å²) in [5.74, 6) is 0.636. The monoisotopic (exact) mass is 320 g/mol. The van der Waals surface area contributed by atoms with Crippen molar-refractivity contribution in [1.82, 2.24) is 10.2 Å². The van der Waals surface area contributed by atoms with Crippen LogP contribution in [0.25, 0.3) is 6.08 Å². The number of carbonyl (C=O) groups is 2. The van der Waals surface area contributed by atoms with Gasteiger partial charge >= 0.3 is 0 Å². The average Bonchev–Trinajstić information content (AvgIpc) is 2.54. The topological polar surface area (TPSA) is 67.9 Å². The van der Waals surface area contributed by atoms with Crippen molar-refractivity contribution in [2.24, 2.45) is 0 Å². The van der Waals surface area contributed by atoms with Gasteiger partial charge < -0.3 is 19.7 Å². The van der Waals surface area contributed by atoms with E-state index in [1.807, 2.05) is 13.8 Å². The Bertz CT molecular complexity index is 592. The Morgan fingerprint density at radius 2 is 1.74 bits per heavy atom. The molecule has 0 aliphatic carbocycles. The second-order valence-corrected chi connectivity index (χ2v) is 4.83. The van der Waals surface area contributed by atoms with Gasteiger partial charge in [0.05, 0.1) is 14.2 Å². The van der Waals surface area contributed by atoms with Crippen LogP contribution in [-0.4, -0.2) is 44.0 Å². The van der Waals surface area contributed by atoms with Gasteiger partial charge in [0.2, 0.25) is 5.91 Å². The van der Waals surface area contributed by atoms with E-state index >= 15 is 0 Å². The highest BCUT2D eigenvalue weighted by Gasteiger charge is 2.17. The van der Waals surface area contributed by atoms with Gasteiger partial charge in [-0.2, -0.15) is 0 Å². The molecule has 0 heterocycles. The quantitative estimate of drug-likeness (QED) is 0.781. The molecule has 6 nitrogen and oxygen atoms in total. The summed E-state index contributed by atoms with van der Waals surface area (Å²) < 4.78 is 10.4. The molecule has 1 aromatic rings. The molecule has 0 radical (unpaired) electrons. The molecule has 0 atom stereocenters. The Kier molecular flexibility index (Phi) is 7.12. The van der Waals surface area contributed by atoms with Crippen LogP contribution in [0.1, 0.15) is 26.3 Å². The largest absolute Gasteiger partial charge is 0.493 e. The van der Waals surface area contributed by atoms with Crippen LogP contribution in [0.2, 0.25) is 0 Å². The molecule has 0 aliphatic rings. The van der Waals surface area contributed by atoms with Gasteiger partial charge in [0.15, 0.2) is 11.5 Å². The Morgan fingerprint density at radius 3 is 2.22 bits per heavy atom. The number of methoxy groups -OCH3 is 2. The van der Waals surface area contributed by atoms with E-state index in [1.165, 1.54) is 6.92 Å². The average molecular weight is 320 g/mol. The molecule has 1 rings (SSSR count). The lowest BCUT2D eigenvalue weighted by Crippen LogP contribution is -2.37. The summed E-state index contributed by atoms with van der Waals surface area (Å²) in [6.45, 7) is 6.29. The molecule has 126 valence electrons. The highest BCUT2D eigenvalue weighted by Crippen LogP contribution is 2.28. The molecule has 0 saturated heterocycles. The summed E-state index contributed by atoms with van der Waals surface area (Å²) in [6.07, 6.45) is 1.63. The number of benzene rings is 1. The lowest BCUT2D eigenvalue weighted by atomic mass is 10.1. The van der Waals surface area contributed by atoms with Gasteiger partial charge in [0.1, 0.15) is 5.70 Å². The molecule has 0 aliphatic heterocycles. The molecule has 23 heavy (non-hydrogen) atoms. The third kappa shape index (κ3) is 5.02. The predicted octanol–water partition coefficient (Wildman–Crippen LogP) is 2.05. The molecular formula is C17H24N2O4. The zero-order valence-electron chi connectivity index (χ0n) is 14.3. The summed E-state index contributed by atoms with van der Waals surface area (Å²) in [6, 6.07) is 5.28. The summed E-state index contributed by atoms with van der Waals surface area (Å²) >= 11 is 0. The van der Waals surface area contributed by atoms with Gasteiger partial charge in [-0.05, 0) is 37.6 Å². The van der Waals surface area contributed by atoms with Crippen molar-refractivity contribution in [2.75, 3.05) is 27.3 Å². The maximum absolute atomic E-state index is 12.5. The molecule has 2 amide bonds. The maximum atomic E-state index is 12.5. The summed E-state index contributed by atoms with van der Waals surface area (Å²) in [5, 5.41) is 2.60. The first-order chi connectivity index (χ1) is 11.0. The predicted molar refractivity (Wildman–Crippen MR) is 89.3 cm³/mol. The van der Waals surface area contributed by atoms with Crippen molar-refractivity contribution in [3.05, 3.63) is 29.5 Å². The molecule has 0 spiro atoms. The molecule has 0 bridgehead atoms. The number of nitrogens with one attached hydrogen (secondary N) is 1. The van der Waals surface area contributed by atoms with E-state index in [9.17, 15) is 9.59 Å². The SMILES string of the molecule is CCN(CC)C(=O)/C(=C/c1ccc(OC)c(OC)c1)NC(C)=O. The smallest absolute Gasteiger partial charge is 0.270 e. The Morgan fingerprint density at radius 1 is 1.13 bits per heavy atom. The lowest BCUT2D eigenvalue weighted by Gasteiger charge is -2.20. The highest BCUT2D eigenvalue weighted by atomic mass is 16.5. The minimum atomic E-state index is -0.294. The fourth-order valence-corrected chi connectivity index (χ4v) is 2.13. The van der Waals surface area contributed by atoms with Crippen LogP contribution < -0.4 is 14.8 Å². The van der Waals surface area contributed by atoms with Gasteiger partial charge in [0.25, 0.3) is 5.91 Å². The summed E-state index contributed by atoms with van der Waals surface area (Å²) in [5.41, 5.74) is 0.959. The first kappa shape index (κ1) is 18.5. The van der Waals surface area contributed by atoms with E-state index in [1.54, 1.807) is 43.4 Å². The van der Waals surface area contributed by atoms with Crippen LogP contribution in [0.4, 0.5) is 0 Å². The van der Waals surface area contributed by atoms with E-state index in [0.29, 0.717) is 24.6 Å². The van der Waals surface area contributed by atoms with Crippen molar-refractivity contribution >= 4 is 17.9 Å². The normalized spacial score (nSPS) is 10.9. The number of hydrogen-bond acceptors (Lipinski definition) is 4. The minimum absolute atomic E-state index is 0.222. The zero-order valence-corrected chi connectivity index (χ0v) is 14.3. The number of amides is 2. The van der Waals surface area contributed by atoms with Gasteiger partial charge in [-0.1, -0.05) is 6.07 Å². The molecule has 1 aromatic carbocycles. The second-order valence-electron chi connectivity index (χ2n) is 4.83. The van der Waals surface area contributed by atoms with E-state index in [-0.39, 0.29) is 17.5 Å². The van der Waals surface area contributed by atoms with E-state index in [0.717, 1.165) is 5.56 Å². The Hall–Kier alpha value is -2.50. The third-order valence-electron chi connectivity index (χ3n) is 3.31. The first-order valence-electron chi connectivity index (χ1n) is 7.47. The number of hydrogen-bond donors (Lipinski definition) is 1. The van der Waals surface area contributed by atoms with Crippen LogP contribution in [0.15, 0.2) is 23.9 Å². The van der Waals surface area contributed by atoms with Crippen LogP contribution in [-0.2, 0) is 9.59 Å². The Labute approximate surface area is 137 Å². The van der Waals surface area contributed by atoms with Crippen LogP contribution in [0.5, 0.6) is 11.5 Å². The Balaban J connectivity index is 3.23. The van der Waals surface area contributed by atoms with Crippen molar-refractivity contribution in [2.45, 2.75) is 20.8 Å². The van der Waals surface area contributed by atoms with Crippen LogP contribution in [0.3, 0.4) is 0 Å². The first-order valence-corrected chi connectivity index (χ1v) is 7.47. The van der Waals surface area contributed by atoms with Gasteiger partial charge in [0, 0.05) is 20.0 Å². The fraction of sp³-hybridized carbons (Fsp3) is 0.412. The third-order valence-corrected chi connectivity index (χ3v) is 3.31. The minimum Gasteiger partial charge on any atom is -0.493 e. The number of likely N-dealkylation sites (N-methyl/N-ethyl adjacent to an activating group) is 1. The lowest BCUT2D eigenvalue weighted by molar-refractivity contribution is -0.129. The van der Waals surface area contributed by atoms with Gasteiger partial charge in [-0.15, -0.1) is 0 Å². The maximum Gasteiger partial charge on any atom is 0.270 e. The standard InChI is InChI=1S/C17H24N2O4/c1-6-19(7-2)17(21)14(18-12(3)20)10-13-8-9-15(22-4)16(11-13)23-5/h8-11H,6-7H2,1-5H3,(H,18,20)/b14-10-. The highest BCUT2D eigenvalue weighted by molar-refractivity contribution is 6.00. The van der Waals surface area contributed by atoms with Crippen LogP contribution >= 0.6 is 0 Å². The van der Waals surface area contributed by atoms with E-state index < -0.39 is 0 Å². The molecule has 0 fully saturated rings. The van der Waals surface area contributed by atoms with E-state index in [2.05, 4.69) is 5.32 Å². The zero-order chi connectivity index (χ0) is 17.4. The number of carbonyl (C=O) groups excluding carboxylic acids is 2.